The van der Waals surface area contributed by atoms with Gasteiger partial charge in [-0.25, -0.2) is 0 Å². The first-order valence-corrected chi connectivity index (χ1v) is 7.14. The van der Waals surface area contributed by atoms with Crippen molar-refractivity contribution in [1.29, 1.82) is 0 Å². The predicted molar refractivity (Wildman–Crippen MR) is 79.0 cm³/mol. The molecular weight excluding hydrogens is 292 g/mol. The molecule has 3 nitrogen and oxygen atoms in total. The molecule has 0 heterocycles. The van der Waals surface area contributed by atoms with Gasteiger partial charge in [-0.1, -0.05) is 35.8 Å². The summed E-state index contributed by atoms with van der Waals surface area (Å²) in [5.41, 5.74) is 1.74. The second kappa shape index (κ2) is 7.54. The zero-order chi connectivity index (χ0) is 13.5. The Morgan fingerprint density at radius 2 is 2.00 bits per heavy atom. The Labute approximate surface area is 118 Å². The normalized spacial score (nSPS) is 10.7. The van der Waals surface area contributed by atoms with Crippen LogP contribution in [0.1, 0.15) is 29.8 Å². The van der Waals surface area contributed by atoms with Crippen molar-refractivity contribution in [3.63, 3.8) is 0 Å². The second-order valence-corrected chi connectivity index (χ2v) is 5.16. The van der Waals surface area contributed by atoms with Crippen molar-refractivity contribution in [2.75, 3.05) is 26.2 Å². The Balaban J connectivity index is 2.53. The van der Waals surface area contributed by atoms with Crippen LogP contribution in [0, 0.1) is 6.92 Å². The molecule has 1 N–H and O–H groups in total. The van der Waals surface area contributed by atoms with E-state index in [0.29, 0.717) is 6.54 Å². The van der Waals surface area contributed by atoms with Crippen LogP contribution in [0.5, 0.6) is 0 Å². The van der Waals surface area contributed by atoms with E-state index in [4.69, 9.17) is 0 Å². The van der Waals surface area contributed by atoms with E-state index in [1.54, 1.807) is 0 Å². The van der Waals surface area contributed by atoms with Gasteiger partial charge < -0.3 is 10.2 Å². The van der Waals surface area contributed by atoms with Gasteiger partial charge in [-0.2, -0.15) is 0 Å². The number of amides is 1. The summed E-state index contributed by atoms with van der Waals surface area (Å²) in [4.78, 5) is 14.3. The van der Waals surface area contributed by atoms with E-state index in [1.807, 2.05) is 25.1 Å². The van der Waals surface area contributed by atoms with Crippen molar-refractivity contribution in [3.05, 3.63) is 33.8 Å². The number of aryl methyl sites for hydroxylation is 1. The molecule has 0 unspecified atom stereocenters. The molecule has 0 radical (unpaired) electrons. The maximum atomic E-state index is 12.0. The van der Waals surface area contributed by atoms with E-state index < -0.39 is 0 Å². The number of nitrogens with one attached hydrogen (secondary N) is 1. The molecule has 0 atom stereocenters. The summed E-state index contributed by atoms with van der Waals surface area (Å²) in [5, 5.41) is 2.96. The Kier molecular flexibility index (Phi) is 6.36. The third-order valence-electron chi connectivity index (χ3n) is 3.05. The molecule has 0 spiro atoms. The summed E-state index contributed by atoms with van der Waals surface area (Å²) in [6.45, 7) is 9.82. The minimum Gasteiger partial charge on any atom is -0.351 e. The maximum absolute atomic E-state index is 12.0. The van der Waals surface area contributed by atoms with Crippen molar-refractivity contribution in [3.8, 4) is 0 Å². The monoisotopic (exact) mass is 312 g/mol. The smallest absolute Gasteiger partial charge is 0.251 e. The largest absolute Gasteiger partial charge is 0.351 e. The van der Waals surface area contributed by atoms with Crippen LogP contribution in [0.25, 0.3) is 0 Å². The average Bonchev–Trinajstić information content (AvgIpc) is 2.37. The van der Waals surface area contributed by atoms with Crippen molar-refractivity contribution in [2.45, 2.75) is 20.8 Å². The number of rotatable bonds is 6. The molecule has 0 aromatic heterocycles. The Bertz CT molecular complexity index is 403. The van der Waals surface area contributed by atoms with Crippen LogP contribution in [-0.2, 0) is 0 Å². The molecule has 4 heteroatoms. The number of hydrogen-bond donors (Lipinski definition) is 1. The van der Waals surface area contributed by atoms with Gasteiger partial charge >= 0.3 is 0 Å². The summed E-state index contributed by atoms with van der Waals surface area (Å²) in [5.74, 6) is 0.000885. The van der Waals surface area contributed by atoms with Gasteiger partial charge in [-0.05, 0) is 37.7 Å². The predicted octanol–water partition coefficient (Wildman–Crippen LogP) is 2.83. The molecule has 0 aliphatic rings. The fourth-order valence-corrected chi connectivity index (χ4v) is 2.16. The van der Waals surface area contributed by atoms with Gasteiger partial charge in [0, 0.05) is 23.1 Å². The first kappa shape index (κ1) is 15.2. The molecule has 1 rings (SSSR count). The van der Waals surface area contributed by atoms with Crippen LogP contribution < -0.4 is 5.32 Å². The third kappa shape index (κ3) is 4.42. The number of likely N-dealkylation sites (N-methyl/N-ethyl adjacent to an activating group) is 1. The minimum absolute atomic E-state index is 0.000885. The Morgan fingerprint density at radius 1 is 1.33 bits per heavy atom. The van der Waals surface area contributed by atoms with Crippen LogP contribution in [0.3, 0.4) is 0 Å². The topological polar surface area (TPSA) is 32.3 Å². The summed E-state index contributed by atoms with van der Waals surface area (Å²) >= 11 is 3.39. The SMILES string of the molecule is CCN(CC)CCNC(=O)c1cc(Br)ccc1C. The first-order chi connectivity index (χ1) is 8.58. The van der Waals surface area contributed by atoms with Crippen LogP contribution in [-0.4, -0.2) is 37.0 Å². The first-order valence-electron chi connectivity index (χ1n) is 6.35. The van der Waals surface area contributed by atoms with Crippen molar-refractivity contribution in [1.82, 2.24) is 10.2 Å². The highest BCUT2D eigenvalue weighted by Crippen LogP contribution is 2.15. The van der Waals surface area contributed by atoms with Gasteiger partial charge in [0.1, 0.15) is 0 Å². The summed E-state index contributed by atoms with van der Waals surface area (Å²) in [6.07, 6.45) is 0. The van der Waals surface area contributed by atoms with Crippen molar-refractivity contribution in [2.24, 2.45) is 0 Å². The number of carbonyl (C=O) groups is 1. The lowest BCUT2D eigenvalue weighted by Crippen LogP contribution is -2.35. The molecule has 0 aliphatic heterocycles. The zero-order valence-corrected chi connectivity index (χ0v) is 12.9. The highest BCUT2D eigenvalue weighted by Gasteiger charge is 2.09. The fourth-order valence-electron chi connectivity index (χ4n) is 1.80. The maximum Gasteiger partial charge on any atom is 0.251 e. The number of hydrogen-bond acceptors (Lipinski definition) is 2. The lowest BCUT2D eigenvalue weighted by Gasteiger charge is -2.18. The molecule has 0 saturated heterocycles. The van der Waals surface area contributed by atoms with Gasteiger partial charge in [0.2, 0.25) is 0 Å². The van der Waals surface area contributed by atoms with Gasteiger partial charge in [0.05, 0.1) is 0 Å². The quantitative estimate of drug-likeness (QED) is 0.876. The van der Waals surface area contributed by atoms with E-state index in [2.05, 4.69) is 40.0 Å². The molecular formula is C14H21BrN2O. The summed E-state index contributed by atoms with van der Waals surface area (Å²) < 4.78 is 0.932. The Morgan fingerprint density at radius 3 is 2.61 bits per heavy atom. The molecule has 1 aromatic carbocycles. The number of nitrogens with zero attached hydrogens (tertiary/aromatic N) is 1. The minimum atomic E-state index is 0.000885. The van der Waals surface area contributed by atoms with E-state index in [1.165, 1.54) is 0 Å². The van der Waals surface area contributed by atoms with Gasteiger partial charge in [-0.15, -0.1) is 0 Å². The van der Waals surface area contributed by atoms with Crippen LogP contribution in [0.4, 0.5) is 0 Å². The fraction of sp³-hybridized carbons (Fsp3) is 0.500. The van der Waals surface area contributed by atoms with Gasteiger partial charge in [0.25, 0.3) is 5.91 Å². The molecule has 0 aliphatic carbocycles. The molecule has 0 bridgehead atoms. The lowest BCUT2D eigenvalue weighted by atomic mass is 10.1. The summed E-state index contributed by atoms with van der Waals surface area (Å²) in [6, 6.07) is 5.76. The molecule has 0 fully saturated rings. The molecule has 0 saturated carbocycles. The number of benzene rings is 1. The summed E-state index contributed by atoms with van der Waals surface area (Å²) in [7, 11) is 0. The molecule has 100 valence electrons. The van der Waals surface area contributed by atoms with E-state index in [0.717, 1.165) is 35.2 Å². The highest BCUT2D eigenvalue weighted by molar-refractivity contribution is 9.10. The second-order valence-electron chi connectivity index (χ2n) is 4.24. The molecule has 1 amide bonds. The third-order valence-corrected chi connectivity index (χ3v) is 3.55. The van der Waals surface area contributed by atoms with Crippen molar-refractivity contribution < 1.29 is 4.79 Å². The number of halogens is 1. The van der Waals surface area contributed by atoms with Gasteiger partial charge in [-0.3, -0.25) is 4.79 Å². The number of carbonyl (C=O) groups excluding carboxylic acids is 1. The van der Waals surface area contributed by atoms with Crippen molar-refractivity contribution >= 4 is 21.8 Å². The zero-order valence-electron chi connectivity index (χ0n) is 11.3. The standard InChI is InChI=1S/C14H21BrN2O/c1-4-17(5-2)9-8-16-14(18)13-10-12(15)7-6-11(13)3/h6-7,10H,4-5,8-9H2,1-3H3,(H,16,18). The molecule has 1 aromatic rings. The van der Waals surface area contributed by atoms with Crippen LogP contribution in [0.15, 0.2) is 22.7 Å². The average molecular weight is 313 g/mol. The van der Waals surface area contributed by atoms with Crippen LogP contribution in [0.2, 0.25) is 0 Å². The van der Waals surface area contributed by atoms with Crippen LogP contribution >= 0.6 is 15.9 Å². The van der Waals surface area contributed by atoms with E-state index >= 15 is 0 Å². The van der Waals surface area contributed by atoms with E-state index in [9.17, 15) is 4.79 Å². The lowest BCUT2D eigenvalue weighted by molar-refractivity contribution is 0.0948. The van der Waals surface area contributed by atoms with E-state index in [-0.39, 0.29) is 5.91 Å². The highest BCUT2D eigenvalue weighted by atomic mass is 79.9. The molecule has 18 heavy (non-hydrogen) atoms. The van der Waals surface area contributed by atoms with Gasteiger partial charge in [0.15, 0.2) is 0 Å². The Hall–Kier alpha value is -0.870.